The summed E-state index contributed by atoms with van der Waals surface area (Å²) in [4.78, 5) is 15.0. The van der Waals surface area contributed by atoms with Crippen molar-refractivity contribution in [1.29, 1.82) is 0 Å². The number of carbonyl (C=O) groups is 1. The first-order valence-corrected chi connectivity index (χ1v) is 11.5. The number of esters is 1. The molecular formula is C23H21FN2O5S. The number of fused-ring (bicyclic) bond motifs is 1. The second kappa shape index (κ2) is 8.58. The Morgan fingerprint density at radius 3 is 2.44 bits per heavy atom. The summed E-state index contributed by atoms with van der Waals surface area (Å²) < 4.78 is 49.3. The first kappa shape index (κ1) is 21.8. The molecule has 32 heavy (non-hydrogen) atoms. The summed E-state index contributed by atoms with van der Waals surface area (Å²) >= 11 is 0. The Morgan fingerprint density at radius 1 is 1.06 bits per heavy atom. The number of hydrazone groups is 1. The molecule has 0 saturated carbocycles. The van der Waals surface area contributed by atoms with Crippen LogP contribution in [0.2, 0.25) is 0 Å². The normalized spacial score (nSPS) is 14.8. The molecule has 0 fully saturated rings. The molecule has 0 unspecified atom stereocenters. The molecule has 1 heterocycles. The molecule has 0 radical (unpaired) electrons. The third kappa shape index (κ3) is 4.43. The summed E-state index contributed by atoms with van der Waals surface area (Å²) in [6.45, 7) is 3.56. The van der Waals surface area contributed by atoms with Crippen molar-refractivity contribution in [2.45, 2.75) is 38.0 Å². The Hall–Kier alpha value is -3.46. The van der Waals surface area contributed by atoms with Gasteiger partial charge in [-0.25, -0.2) is 9.18 Å². The highest BCUT2D eigenvalue weighted by molar-refractivity contribution is 7.89. The number of rotatable bonds is 5. The van der Waals surface area contributed by atoms with Gasteiger partial charge in [0.05, 0.1) is 10.6 Å². The van der Waals surface area contributed by atoms with Crippen LogP contribution >= 0.6 is 0 Å². The zero-order chi connectivity index (χ0) is 22.9. The molecule has 0 atom stereocenters. The van der Waals surface area contributed by atoms with E-state index in [0.29, 0.717) is 41.9 Å². The van der Waals surface area contributed by atoms with Gasteiger partial charge in [0.15, 0.2) is 0 Å². The number of nitrogens with one attached hydrogen (secondary N) is 1. The van der Waals surface area contributed by atoms with E-state index in [0.717, 1.165) is 5.56 Å². The van der Waals surface area contributed by atoms with Crippen LogP contribution in [0.1, 0.15) is 45.8 Å². The predicted molar refractivity (Wildman–Crippen MR) is 116 cm³/mol. The molecule has 1 aliphatic carbocycles. The molecule has 7 nitrogen and oxygen atoms in total. The largest absolute Gasteiger partial charge is 0.453 e. The highest BCUT2D eigenvalue weighted by atomic mass is 32.2. The Balaban J connectivity index is 1.59. The van der Waals surface area contributed by atoms with E-state index in [1.807, 2.05) is 6.92 Å². The van der Waals surface area contributed by atoms with Crippen LogP contribution in [0.3, 0.4) is 0 Å². The number of hydrogen-bond donors (Lipinski definition) is 1. The fourth-order valence-electron chi connectivity index (χ4n) is 3.52. The van der Waals surface area contributed by atoms with Crippen LogP contribution in [0.25, 0.3) is 0 Å². The van der Waals surface area contributed by atoms with E-state index in [2.05, 4.69) is 9.93 Å². The van der Waals surface area contributed by atoms with Crippen molar-refractivity contribution in [2.24, 2.45) is 5.10 Å². The first-order valence-electron chi connectivity index (χ1n) is 10.00. The van der Waals surface area contributed by atoms with Crippen LogP contribution in [-0.2, 0) is 16.4 Å². The Morgan fingerprint density at radius 2 is 1.75 bits per heavy atom. The minimum Gasteiger partial charge on any atom is -0.453 e. The molecule has 1 aliphatic rings. The number of ether oxygens (including phenoxy) is 1. The van der Waals surface area contributed by atoms with Crippen molar-refractivity contribution in [3.8, 4) is 5.75 Å². The van der Waals surface area contributed by atoms with E-state index in [9.17, 15) is 17.6 Å². The number of sulfonamides is 1. The van der Waals surface area contributed by atoms with Gasteiger partial charge in [-0.3, -0.25) is 0 Å². The zero-order valence-corrected chi connectivity index (χ0v) is 18.3. The van der Waals surface area contributed by atoms with Crippen LogP contribution in [0.4, 0.5) is 4.39 Å². The molecule has 3 aromatic rings. The van der Waals surface area contributed by atoms with E-state index in [1.165, 1.54) is 36.4 Å². The lowest BCUT2D eigenvalue weighted by atomic mass is 9.93. The Kier molecular flexibility index (Phi) is 5.84. The molecule has 166 valence electrons. The lowest BCUT2D eigenvalue weighted by molar-refractivity contribution is 0.0698. The van der Waals surface area contributed by atoms with E-state index < -0.39 is 21.8 Å². The Bertz CT molecular complexity index is 1290. The highest BCUT2D eigenvalue weighted by Crippen LogP contribution is 2.30. The van der Waals surface area contributed by atoms with Crippen LogP contribution in [0, 0.1) is 19.7 Å². The van der Waals surface area contributed by atoms with E-state index >= 15 is 0 Å². The van der Waals surface area contributed by atoms with Crippen molar-refractivity contribution in [3.63, 3.8) is 0 Å². The quantitative estimate of drug-likeness (QED) is 0.351. The number of halogens is 1. The third-order valence-corrected chi connectivity index (χ3v) is 6.39. The number of nitrogens with zero attached hydrogens (tertiary/aromatic N) is 1. The molecule has 4 rings (SSSR count). The molecule has 1 N–H and O–H groups in total. The molecule has 1 aromatic heterocycles. The number of hydrogen-bond acceptors (Lipinski definition) is 6. The minimum absolute atomic E-state index is 0.00955. The fraction of sp³-hybridized carbons (Fsp3) is 0.217. The lowest BCUT2D eigenvalue weighted by Gasteiger charge is -2.14. The maximum Gasteiger partial charge on any atom is 0.379 e. The predicted octanol–water partition coefficient (Wildman–Crippen LogP) is 4.27. The summed E-state index contributed by atoms with van der Waals surface area (Å²) in [6, 6.07) is 11.5. The molecule has 0 aliphatic heterocycles. The number of aryl methyl sites for hydroxylation is 2. The zero-order valence-electron chi connectivity index (χ0n) is 17.5. The SMILES string of the molecule is Cc1ccc(S(=O)(=O)N/N=C2\CCCc3oc(C(=O)Oc4ccc(F)cc4)c(C)c32)cc1. The van der Waals surface area contributed by atoms with Crippen molar-refractivity contribution in [3.05, 3.63) is 82.6 Å². The highest BCUT2D eigenvalue weighted by Gasteiger charge is 2.29. The third-order valence-electron chi connectivity index (χ3n) is 5.17. The molecule has 0 bridgehead atoms. The smallest absolute Gasteiger partial charge is 0.379 e. The number of furan rings is 1. The van der Waals surface area contributed by atoms with Crippen molar-refractivity contribution >= 4 is 21.7 Å². The van der Waals surface area contributed by atoms with Crippen LogP contribution < -0.4 is 9.57 Å². The Labute approximate surface area is 185 Å². The average molecular weight is 456 g/mol. The van der Waals surface area contributed by atoms with Gasteiger partial charge in [-0.2, -0.15) is 18.4 Å². The maximum atomic E-state index is 13.1. The maximum absolute atomic E-state index is 13.1. The lowest BCUT2D eigenvalue weighted by Crippen LogP contribution is -2.22. The molecular weight excluding hydrogens is 435 g/mol. The van der Waals surface area contributed by atoms with Gasteiger partial charge < -0.3 is 9.15 Å². The second-order valence-electron chi connectivity index (χ2n) is 7.52. The molecule has 0 amide bonds. The number of benzene rings is 2. The first-order chi connectivity index (χ1) is 15.2. The van der Waals surface area contributed by atoms with Gasteiger partial charge in [0.25, 0.3) is 10.0 Å². The topological polar surface area (TPSA) is 98.0 Å². The van der Waals surface area contributed by atoms with Gasteiger partial charge in [0, 0.05) is 17.5 Å². The molecule has 2 aromatic carbocycles. The van der Waals surface area contributed by atoms with Crippen LogP contribution in [0.5, 0.6) is 5.75 Å². The summed E-state index contributed by atoms with van der Waals surface area (Å²) in [7, 11) is -3.84. The minimum atomic E-state index is -3.84. The van der Waals surface area contributed by atoms with Gasteiger partial charge in [-0.1, -0.05) is 17.7 Å². The summed E-state index contributed by atoms with van der Waals surface area (Å²) in [5.74, 6) is -0.417. The van der Waals surface area contributed by atoms with Gasteiger partial charge >= 0.3 is 5.97 Å². The van der Waals surface area contributed by atoms with E-state index in [-0.39, 0.29) is 16.4 Å². The van der Waals surface area contributed by atoms with Crippen molar-refractivity contribution in [2.75, 3.05) is 0 Å². The van der Waals surface area contributed by atoms with Gasteiger partial charge in [0.1, 0.15) is 17.3 Å². The van der Waals surface area contributed by atoms with Gasteiger partial charge in [-0.15, -0.1) is 0 Å². The summed E-state index contributed by atoms with van der Waals surface area (Å²) in [6.07, 6.45) is 1.80. The summed E-state index contributed by atoms with van der Waals surface area (Å²) in [5, 5.41) is 4.15. The summed E-state index contributed by atoms with van der Waals surface area (Å²) in [5.41, 5.74) is 2.55. The van der Waals surface area contributed by atoms with Crippen molar-refractivity contribution in [1.82, 2.24) is 4.83 Å². The van der Waals surface area contributed by atoms with Crippen LogP contribution in [0.15, 0.2) is 62.9 Å². The van der Waals surface area contributed by atoms with E-state index in [4.69, 9.17) is 9.15 Å². The number of carbonyl (C=O) groups excluding carboxylic acids is 1. The van der Waals surface area contributed by atoms with Crippen LogP contribution in [-0.4, -0.2) is 20.1 Å². The van der Waals surface area contributed by atoms with Gasteiger partial charge in [-0.05, 0) is 63.1 Å². The van der Waals surface area contributed by atoms with Crippen molar-refractivity contribution < 1.29 is 26.8 Å². The van der Waals surface area contributed by atoms with Gasteiger partial charge in [0.2, 0.25) is 5.76 Å². The molecule has 0 spiro atoms. The monoisotopic (exact) mass is 456 g/mol. The van der Waals surface area contributed by atoms with E-state index in [1.54, 1.807) is 19.1 Å². The second-order valence-corrected chi connectivity index (χ2v) is 9.18. The average Bonchev–Trinajstić information content (AvgIpc) is 3.11. The standard InChI is InChI=1S/C23H21FN2O5S/c1-14-6-12-18(13-7-14)32(28,29)26-25-19-4-3-5-20-21(19)15(2)22(31-20)23(27)30-17-10-8-16(24)9-11-17/h6-13,26H,3-5H2,1-2H3/b25-19+. The molecule has 0 saturated heterocycles. The molecule has 9 heteroatoms. The fourth-order valence-corrected chi connectivity index (χ4v) is 4.35.